The number of aliphatic hydroxyl groups is 1. The van der Waals surface area contributed by atoms with E-state index >= 15 is 0 Å². The molecule has 7 heteroatoms. The van der Waals surface area contributed by atoms with Crippen LogP contribution >= 0.6 is 0 Å². The van der Waals surface area contributed by atoms with Gasteiger partial charge in [0.05, 0.1) is 12.4 Å². The van der Waals surface area contributed by atoms with Crippen LogP contribution in [0.2, 0.25) is 0 Å². The molecule has 0 saturated heterocycles. The van der Waals surface area contributed by atoms with E-state index in [2.05, 4.69) is 4.72 Å². The minimum atomic E-state index is -3.39. The van der Waals surface area contributed by atoms with Gasteiger partial charge in [-0.25, -0.2) is 13.1 Å². The van der Waals surface area contributed by atoms with Crippen molar-refractivity contribution in [2.24, 2.45) is 0 Å². The highest BCUT2D eigenvalue weighted by molar-refractivity contribution is 7.89. The monoisotopic (exact) mass is 229 g/mol. The molecule has 2 unspecified atom stereocenters. The Bertz CT molecular complexity index is 262. The molecule has 0 heterocycles. The Labute approximate surface area is 81.0 Å². The molecule has 0 aromatic rings. The van der Waals surface area contributed by atoms with Crippen molar-refractivity contribution < 1.29 is 17.7 Å². The summed E-state index contributed by atoms with van der Waals surface area (Å²) in [6.07, 6.45) is 1.52. The second kappa shape index (κ2) is 5.69. The van der Waals surface area contributed by atoms with Crippen LogP contribution < -0.4 is 4.72 Å². The molecule has 0 aromatic heterocycles. The fraction of sp³-hybridized carbons (Fsp3) is 1.00. The van der Waals surface area contributed by atoms with Gasteiger partial charge in [0.1, 0.15) is 0 Å². The average molecular weight is 229 g/mol. The molecule has 0 aliphatic heterocycles. The van der Waals surface area contributed by atoms with Gasteiger partial charge in [-0.2, -0.15) is 0 Å². The highest BCUT2D eigenvalue weighted by Crippen LogP contribution is 1.92. The summed E-state index contributed by atoms with van der Waals surface area (Å²) in [5.74, 6) is -0.309. The molecular formula is C6H15NO4S2. The fourth-order valence-electron chi connectivity index (χ4n) is 0.554. The van der Waals surface area contributed by atoms with E-state index in [1.54, 1.807) is 6.92 Å². The van der Waals surface area contributed by atoms with Crippen molar-refractivity contribution in [1.29, 1.82) is 0 Å². The SMILES string of the molecule is CC(CNS(=O)(=O)CCO)S(C)=O. The smallest absolute Gasteiger partial charge is 0.213 e. The lowest BCUT2D eigenvalue weighted by molar-refractivity contribution is 0.319. The number of hydrogen-bond acceptors (Lipinski definition) is 4. The van der Waals surface area contributed by atoms with Crippen molar-refractivity contribution in [1.82, 2.24) is 4.72 Å². The first-order valence-electron chi connectivity index (χ1n) is 3.79. The molecule has 0 rings (SSSR count). The zero-order chi connectivity index (χ0) is 10.5. The van der Waals surface area contributed by atoms with E-state index in [9.17, 15) is 12.6 Å². The van der Waals surface area contributed by atoms with Crippen LogP contribution in [0, 0.1) is 0 Å². The second-order valence-electron chi connectivity index (χ2n) is 2.70. The zero-order valence-corrected chi connectivity index (χ0v) is 9.32. The Balaban J connectivity index is 3.95. The van der Waals surface area contributed by atoms with E-state index in [1.807, 2.05) is 0 Å². The summed E-state index contributed by atoms with van der Waals surface area (Å²) in [4.78, 5) is 0. The number of nitrogens with one attached hydrogen (secondary N) is 1. The highest BCUT2D eigenvalue weighted by Gasteiger charge is 2.12. The molecule has 0 amide bonds. The lowest BCUT2D eigenvalue weighted by Crippen LogP contribution is -2.34. The van der Waals surface area contributed by atoms with Crippen LogP contribution in [-0.2, 0) is 20.8 Å². The van der Waals surface area contributed by atoms with Crippen LogP contribution in [0.25, 0.3) is 0 Å². The van der Waals surface area contributed by atoms with Crippen molar-refractivity contribution in [3.63, 3.8) is 0 Å². The van der Waals surface area contributed by atoms with Gasteiger partial charge >= 0.3 is 0 Å². The minimum Gasteiger partial charge on any atom is -0.395 e. The Morgan fingerprint density at radius 2 is 2.08 bits per heavy atom. The average Bonchev–Trinajstić information content (AvgIpc) is 2.00. The molecule has 0 aliphatic rings. The summed E-state index contributed by atoms with van der Waals surface area (Å²) in [5.41, 5.74) is 0. The number of aliphatic hydroxyl groups excluding tert-OH is 1. The van der Waals surface area contributed by atoms with Gasteiger partial charge in [-0.1, -0.05) is 0 Å². The zero-order valence-electron chi connectivity index (χ0n) is 7.69. The highest BCUT2D eigenvalue weighted by atomic mass is 32.2. The summed E-state index contributed by atoms with van der Waals surface area (Å²) in [5, 5.41) is 8.18. The van der Waals surface area contributed by atoms with Gasteiger partial charge in [-0.15, -0.1) is 0 Å². The van der Waals surface area contributed by atoms with Crippen LogP contribution in [0.5, 0.6) is 0 Å². The quantitative estimate of drug-likeness (QED) is 0.591. The summed E-state index contributed by atoms with van der Waals surface area (Å²) in [7, 11) is -4.43. The molecular weight excluding hydrogens is 214 g/mol. The third-order valence-corrected chi connectivity index (χ3v) is 4.14. The first-order valence-corrected chi connectivity index (χ1v) is 7.07. The fourth-order valence-corrected chi connectivity index (χ4v) is 1.87. The third-order valence-electron chi connectivity index (χ3n) is 1.52. The van der Waals surface area contributed by atoms with Crippen LogP contribution in [0.3, 0.4) is 0 Å². The van der Waals surface area contributed by atoms with Gasteiger partial charge in [0.2, 0.25) is 10.0 Å². The van der Waals surface area contributed by atoms with Crippen molar-refractivity contribution in [2.45, 2.75) is 12.2 Å². The van der Waals surface area contributed by atoms with Gasteiger partial charge in [-0.3, -0.25) is 4.21 Å². The van der Waals surface area contributed by atoms with Crippen LogP contribution in [-0.4, -0.2) is 48.1 Å². The van der Waals surface area contributed by atoms with Crippen LogP contribution in [0.15, 0.2) is 0 Å². The largest absolute Gasteiger partial charge is 0.395 e. The molecule has 5 nitrogen and oxygen atoms in total. The molecule has 2 atom stereocenters. The summed E-state index contributed by atoms with van der Waals surface area (Å²) < 4.78 is 35.1. The summed E-state index contributed by atoms with van der Waals surface area (Å²) in [6.45, 7) is 1.43. The first-order chi connectivity index (χ1) is 5.89. The maximum atomic E-state index is 11.0. The standard InChI is InChI=1S/C6H15NO4S2/c1-6(12(2)9)5-7-13(10,11)4-3-8/h6-8H,3-5H2,1-2H3. The predicted molar refractivity (Wildman–Crippen MR) is 52.4 cm³/mol. The van der Waals surface area contributed by atoms with E-state index in [-0.39, 0.29) is 17.5 Å². The Hall–Kier alpha value is 0.0200. The van der Waals surface area contributed by atoms with Gasteiger partial charge in [0.15, 0.2) is 0 Å². The van der Waals surface area contributed by atoms with E-state index in [4.69, 9.17) is 5.11 Å². The minimum absolute atomic E-state index is 0.144. The van der Waals surface area contributed by atoms with E-state index in [0.29, 0.717) is 0 Å². The molecule has 0 fully saturated rings. The molecule has 0 aliphatic carbocycles. The van der Waals surface area contributed by atoms with Crippen LogP contribution in [0.1, 0.15) is 6.92 Å². The molecule has 0 spiro atoms. The Kier molecular flexibility index (Phi) is 5.70. The molecule has 0 aromatic carbocycles. The second-order valence-corrected chi connectivity index (χ2v) is 6.43. The maximum Gasteiger partial charge on any atom is 0.213 e. The lowest BCUT2D eigenvalue weighted by Gasteiger charge is -2.09. The van der Waals surface area contributed by atoms with Gasteiger partial charge in [0.25, 0.3) is 0 Å². The first kappa shape index (κ1) is 13.0. The lowest BCUT2D eigenvalue weighted by atomic mass is 10.5. The number of sulfonamides is 1. The Morgan fingerprint density at radius 3 is 2.46 bits per heavy atom. The predicted octanol–water partition coefficient (Wildman–Crippen LogP) is -1.33. The Morgan fingerprint density at radius 1 is 1.54 bits per heavy atom. The van der Waals surface area contributed by atoms with Gasteiger partial charge in [-0.05, 0) is 6.92 Å². The van der Waals surface area contributed by atoms with E-state index < -0.39 is 27.4 Å². The molecule has 0 bridgehead atoms. The van der Waals surface area contributed by atoms with E-state index in [0.717, 1.165) is 0 Å². The molecule has 0 radical (unpaired) electrons. The molecule has 80 valence electrons. The summed E-state index contributed by atoms with van der Waals surface area (Å²) >= 11 is 0. The molecule has 0 saturated carbocycles. The number of hydrogen-bond donors (Lipinski definition) is 2. The summed E-state index contributed by atoms with van der Waals surface area (Å²) in [6, 6.07) is 0. The maximum absolute atomic E-state index is 11.0. The molecule has 2 N–H and O–H groups in total. The van der Waals surface area contributed by atoms with Crippen molar-refractivity contribution in [3.05, 3.63) is 0 Å². The third kappa shape index (κ3) is 6.14. The van der Waals surface area contributed by atoms with Gasteiger partial charge in [0, 0.05) is 28.9 Å². The van der Waals surface area contributed by atoms with E-state index in [1.165, 1.54) is 6.26 Å². The van der Waals surface area contributed by atoms with Crippen molar-refractivity contribution in [3.8, 4) is 0 Å². The van der Waals surface area contributed by atoms with Crippen molar-refractivity contribution in [2.75, 3.05) is 25.2 Å². The van der Waals surface area contributed by atoms with Gasteiger partial charge < -0.3 is 5.11 Å². The van der Waals surface area contributed by atoms with Crippen LogP contribution in [0.4, 0.5) is 0 Å². The normalized spacial score (nSPS) is 16.8. The molecule has 13 heavy (non-hydrogen) atoms. The topological polar surface area (TPSA) is 83.5 Å². The van der Waals surface area contributed by atoms with Crippen molar-refractivity contribution >= 4 is 20.8 Å². The number of rotatable bonds is 6.